The van der Waals surface area contributed by atoms with Gasteiger partial charge in [-0.05, 0) is 74.2 Å². The van der Waals surface area contributed by atoms with Gasteiger partial charge in [0.05, 0.1) is 11.4 Å². The van der Waals surface area contributed by atoms with Crippen molar-refractivity contribution in [3.63, 3.8) is 0 Å². The van der Waals surface area contributed by atoms with Crippen molar-refractivity contribution in [3.8, 4) is 0 Å². The molecule has 0 saturated heterocycles. The molecule has 0 spiro atoms. The van der Waals surface area contributed by atoms with Crippen LogP contribution in [0.1, 0.15) is 36.0 Å². The molecule has 0 radical (unpaired) electrons. The third-order valence-corrected chi connectivity index (χ3v) is 5.90. The third-order valence-electron chi connectivity index (χ3n) is 5.90. The Labute approximate surface area is 244 Å². The van der Waals surface area contributed by atoms with E-state index in [1.165, 1.54) is 0 Å². The van der Waals surface area contributed by atoms with Crippen LogP contribution < -0.4 is 38.5 Å². The van der Waals surface area contributed by atoms with Gasteiger partial charge in [0.25, 0.3) is 5.91 Å². The monoisotopic (exact) mass is 581 g/mol. The maximum atomic E-state index is 13.1. The van der Waals surface area contributed by atoms with E-state index in [1.807, 2.05) is 43.3 Å². The molecule has 2 aromatic carbocycles. The normalized spacial score (nSPS) is 12.1. The van der Waals surface area contributed by atoms with Gasteiger partial charge in [-0.25, -0.2) is 4.79 Å². The van der Waals surface area contributed by atoms with Crippen LogP contribution in [0.25, 0.3) is 0 Å². The molecule has 2 rings (SSSR count). The zero-order valence-corrected chi connectivity index (χ0v) is 23.7. The number of benzene rings is 2. The van der Waals surface area contributed by atoms with Gasteiger partial charge in [-0.2, -0.15) is 10.2 Å². The van der Waals surface area contributed by atoms with Crippen LogP contribution in [0, 0.1) is 0 Å². The van der Waals surface area contributed by atoms with Crippen LogP contribution >= 0.6 is 0 Å². The standard InChI is InChI=1S/C27H39N11O4/c1-38(2)20-13-11-19(12-14-20)37-36-18-9-7-17(8-10-18)23(39)34-21(5-3-15-32-26(28)29)24(40)35-22(25(41)42)6-4-16-33-27(30)31/h7-14,21-22H,3-6,15-16H2,1-2H3,(H,34,39)(H,35,40)(H,41,42)(H4,28,29,32)(H4,30,31,33)/t21-,22-/m0/s1. The number of guanidine groups is 2. The molecule has 0 aliphatic heterocycles. The highest BCUT2D eigenvalue weighted by Gasteiger charge is 2.26. The van der Waals surface area contributed by atoms with Gasteiger partial charge in [0, 0.05) is 38.4 Å². The highest BCUT2D eigenvalue weighted by Crippen LogP contribution is 2.21. The molecule has 0 aromatic heterocycles. The molecule has 0 heterocycles. The number of carboxylic acid groups (broad SMARTS) is 1. The lowest BCUT2D eigenvalue weighted by atomic mass is 10.1. The quantitative estimate of drug-likeness (QED) is 0.0643. The molecule has 2 aromatic rings. The van der Waals surface area contributed by atoms with E-state index in [2.05, 4.69) is 30.8 Å². The average Bonchev–Trinajstić information content (AvgIpc) is 2.95. The Bertz CT molecular complexity index is 1270. The van der Waals surface area contributed by atoms with Crippen molar-refractivity contribution in [1.82, 2.24) is 10.6 Å². The Morgan fingerprint density at radius 2 is 1.24 bits per heavy atom. The van der Waals surface area contributed by atoms with Crippen molar-refractivity contribution in [2.24, 2.45) is 43.1 Å². The lowest BCUT2D eigenvalue weighted by Gasteiger charge is -2.21. The highest BCUT2D eigenvalue weighted by molar-refractivity contribution is 5.98. The molecule has 2 atom stereocenters. The molecule has 0 saturated carbocycles. The summed E-state index contributed by atoms with van der Waals surface area (Å²) in [5.74, 6) is -2.63. The molecule has 0 aliphatic rings. The summed E-state index contributed by atoms with van der Waals surface area (Å²) >= 11 is 0. The predicted octanol–water partition coefficient (Wildman–Crippen LogP) is 0.943. The number of carboxylic acids is 1. The number of hydrogen-bond acceptors (Lipinski definition) is 8. The van der Waals surface area contributed by atoms with E-state index in [0.717, 1.165) is 5.69 Å². The molecule has 2 amide bonds. The molecule has 0 fully saturated rings. The number of nitrogens with zero attached hydrogens (tertiary/aromatic N) is 5. The number of aliphatic carboxylic acids is 1. The number of aliphatic imine (C=N–C) groups is 2. The zero-order valence-electron chi connectivity index (χ0n) is 23.7. The molecule has 11 N–H and O–H groups in total. The lowest BCUT2D eigenvalue weighted by molar-refractivity contribution is -0.142. The van der Waals surface area contributed by atoms with E-state index >= 15 is 0 Å². The minimum atomic E-state index is -1.22. The van der Waals surface area contributed by atoms with Crippen LogP contribution in [-0.4, -0.2) is 74.1 Å². The van der Waals surface area contributed by atoms with Crippen molar-refractivity contribution in [3.05, 3.63) is 54.1 Å². The second-order valence-corrected chi connectivity index (χ2v) is 9.48. The van der Waals surface area contributed by atoms with Crippen LogP contribution in [0.5, 0.6) is 0 Å². The molecule has 15 heteroatoms. The van der Waals surface area contributed by atoms with Gasteiger partial charge in [-0.3, -0.25) is 19.6 Å². The molecular formula is C27H39N11O4. The summed E-state index contributed by atoms with van der Waals surface area (Å²) in [7, 11) is 3.89. The third kappa shape index (κ3) is 11.9. The van der Waals surface area contributed by atoms with Crippen LogP contribution in [-0.2, 0) is 9.59 Å². The summed E-state index contributed by atoms with van der Waals surface area (Å²) in [6, 6.07) is 11.6. The SMILES string of the molecule is CN(C)c1ccc(N=Nc2ccc(C(=O)N[C@@H](CCCN=C(N)N)C(=O)N[C@@H](CCCN=C(N)N)C(=O)O)cc2)cc1. The Balaban J connectivity index is 2.08. The topological polar surface area (TPSA) is 252 Å². The minimum Gasteiger partial charge on any atom is -0.480 e. The van der Waals surface area contributed by atoms with Crippen LogP contribution in [0.4, 0.5) is 17.1 Å². The number of carbonyl (C=O) groups is 3. The summed E-state index contributed by atoms with van der Waals surface area (Å²) in [4.78, 5) is 47.5. The number of carbonyl (C=O) groups excluding carboxylic acids is 2. The Kier molecular flexibility index (Phi) is 13.2. The Morgan fingerprint density at radius 3 is 1.69 bits per heavy atom. The number of amides is 2. The summed E-state index contributed by atoms with van der Waals surface area (Å²) in [6.45, 7) is 0.430. The molecule has 0 bridgehead atoms. The van der Waals surface area contributed by atoms with Crippen molar-refractivity contribution in [2.45, 2.75) is 37.8 Å². The van der Waals surface area contributed by atoms with Gasteiger partial charge in [0.2, 0.25) is 5.91 Å². The van der Waals surface area contributed by atoms with Gasteiger partial charge in [-0.15, -0.1) is 0 Å². The number of hydrogen-bond donors (Lipinski definition) is 7. The molecule has 0 unspecified atom stereocenters. The first kappa shape index (κ1) is 33.0. The van der Waals surface area contributed by atoms with Crippen molar-refractivity contribution in [1.29, 1.82) is 0 Å². The molecule has 42 heavy (non-hydrogen) atoms. The molecule has 226 valence electrons. The summed E-state index contributed by atoms with van der Waals surface area (Å²) in [5, 5.41) is 23.1. The summed E-state index contributed by atoms with van der Waals surface area (Å²) in [5.41, 5.74) is 23.8. The van der Waals surface area contributed by atoms with Gasteiger partial charge in [-0.1, -0.05) is 0 Å². The number of nitrogens with two attached hydrogens (primary N) is 4. The number of rotatable bonds is 16. The van der Waals surface area contributed by atoms with Gasteiger partial charge in [0.15, 0.2) is 11.9 Å². The first-order valence-electron chi connectivity index (χ1n) is 13.2. The number of anilines is 1. The molecule has 0 aliphatic carbocycles. The minimum absolute atomic E-state index is 0.0856. The fraction of sp³-hybridized carbons (Fsp3) is 0.370. The fourth-order valence-corrected chi connectivity index (χ4v) is 3.66. The predicted molar refractivity (Wildman–Crippen MR) is 162 cm³/mol. The zero-order chi connectivity index (χ0) is 31.1. The van der Waals surface area contributed by atoms with E-state index < -0.39 is 29.9 Å². The number of nitrogens with one attached hydrogen (secondary N) is 2. The van der Waals surface area contributed by atoms with Crippen LogP contribution in [0.3, 0.4) is 0 Å². The van der Waals surface area contributed by atoms with E-state index in [0.29, 0.717) is 24.2 Å². The largest absolute Gasteiger partial charge is 0.480 e. The van der Waals surface area contributed by atoms with Crippen molar-refractivity contribution < 1.29 is 19.5 Å². The molecular weight excluding hydrogens is 542 g/mol. The first-order chi connectivity index (χ1) is 20.0. The first-order valence-corrected chi connectivity index (χ1v) is 13.2. The van der Waals surface area contributed by atoms with E-state index in [-0.39, 0.29) is 43.4 Å². The highest BCUT2D eigenvalue weighted by atomic mass is 16.4. The summed E-state index contributed by atoms with van der Waals surface area (Å²) < 4.78 is 0. The van der Waals surface area contributed by atoms with Crippen molar-refractivity contribution in [2.75, 3.05) is 32.1 Å². The number of azo groups is 1. The van der Waals surface area contributed by atoms with E-state index in [4.69, 9.17) is 22.9 Å². The second-order valence-electron chi connectivity index (χ2n) is 9.48. The van der Waals surface area contributed by atoms with Crippen LogP contribution in [0.15, 0.2) is 68.7 Å². The Hall–Kier alpha value is -5.21. The fourth-order valence-electron chi connectivity index (χ4n) is 3.66. The van der Waals surface area contributed by atoms with E-state index in [1.54, 1.807) is 24.3 Å². The van der Waals surface area contributed by atoms with Gasteiger partial charge >= 0.3 is 5.97 Å². The van der Waals surface area contributed by atoms with Gasteiger partial charge in [0.1, 0.15) is 12.1 Å². The van der Waals surface area contributed by atoms with Crippen molar-refractivity contribution >= 4 is 46.8 Å². The molecule has 15 nitrogen and oxygen atoms in total. The summed E-state index contributed by atoms with van der Waals surface area (Å²) in [6.07, 6.45) is 0.922. The lowest BCUT2D eigenvalue weighted by Crippen LogP contribution is -2.51. The average molecular weight is 582 g/mol. The second kappa shape index (κ2) is 16.8. The van der Waals surface area contributed by atoms with Gasteiger partial charge < -0.3 is 43.6 Å². The van der Waals surface area contributed by atoms with Crippen LogP contribution in [0.2, 0.25) is 0 Å². The smallest absolute Gasteiger partial charge is 0.326 e. The maximum absolute atomic E-state index is 13.1. The van der Waals surface area contributed by atoms with E-state index in [9.17, 15) is 19.5 Å². The Morgan fingerprint density at radius 1 is 0.762 bits per heavy atom. The maximum Gasteiger partial charge on any atom is 0.326 e.